The van der Waals surface area contributed by atoms with E-state index in [-0.39, 0.29) is 5.91 Å². The summed E-state index contributed by atoms with van der Waals surface area (Å²) in [5, 5.41) is 8.09. The molecule has 0 radical (unpaired) electrons. The summed E-state index contributed by atoms with van der Waals surface area (Å²) in [6.45, 7) is 2.57. The number of likely N-dealkylation sites (tertiary alicyclic amines) is 1. The van der Waals surface area contributed by atoms with Gasteiger partial charge in [-0.25, -0.2) is 4.68 Å². The minimum Gasteiger partial charge on any atom is -0.338 e. The Morgan fingerprint density at radius 3 is 3.14 bits per heavy atom. The van der Waals surface area contributed by atoms with Crippen LogP contribution in [-0.2, 0) is 0 Å². The molecule has 0 aliphatic carbocycles. The molecular weight excluding hydrogens is 300 g/mol. The van der Waals surface area contributed by atoms with Crippen LogP contribution in [0.15, 0.2) is 36.7 Å². The van der Waals surface area contributed by atoms with Gasteiger partial charge in [-0.3, -0.25) is 4.79 Å². The molecule has 1 fully saturated rings. The second kappa shape index (κ2) is 6.50. The largest absolute Gasteiger partial charge is 0.338 e. The molecule has 0 bridgehead atoms. The van der Waals surface area contributed by atoms with Crippen molar-refractivity contribution in [3.63, 3.8) is 0 Å². The van der Waals surface area contributed by atoms with Crippen LogP contribution in [0, 0.1) is 5.92 Å². The van der Waals surface area contributed by atoms with Gasteiger partial charge in [-0.15, -0.1) is 0 Å². The minimum atomic E-state index is 0.0480. The summed E-state index contributed by atoms with van der Waals surface area (Å²) >= 11 is 5.99. The van der Waals surface area contributed by atoms with E-state index in [1.165, 1.54) is 0 Å². The van der Waals surface area contributed by atoms with E-state index < -0.39 is 0 Å². The Labute approximate surface area is 134 Å². The van der Waals surface area contributed by atoms with Crippen LogP contribution in [0.2, 0.25) is 5.02 Å². The summed E-state index contributed by atoms with van der Waals surface area (Å²) in [4.78, 5) is 14.4. The number of nitrogens with one attached hydrogen (secondary N) is 1. The number of hydrogen-bond acceptors (Lipinski definition) is 3. The van der Waals surface area contributed by atoms with Crippen molar-refractivity contribution in [1.82, 2.24) is 20.0 Å². The van der Waals surface area contributed by atoms with Crippen LogP contribution >= 0.6 is 11.6 Å². The first kappa shape index (κ1) is 15.1. The van der Waals surface area contributed by atoms with Crippen LogP contribution < -0.4 is 5.32 Å². The predicted octanol–water partition coefficient (Wildman–Crippen LogP) is 2.21. The summed E-state index contributed by atoms with van der Waals surface area (Å²) in [5.41, 5.74) is 1.46. The fraction of sp³-hybridized carbons (Fsp3) is 0.375. The lowest BCUT2D eigenvalue weighted by atomic mass is 10.1. The van der Waals surface area contributed by atoms with Gasteiger partial charge in [-0.05, 0) is 44.1 Å². The van der Waals surface area contributed by atoms with Crippen molar-refractivity contribution in [3.05, 3.63) is 47.2 Å². The van der Waals surface area contributed by atoms with Crippen LogP contribution in [0.4, 0.5) is 0 Å². The molecule has 1 aromatic carbocycles. The first-order valence-electron chi connectivity index (χ1n) is 7.42. The molecule has 1 amide bonds. The van der Waals surface area contributed by atoms with E-state index >= 15 is 0 Å². The lowest BCUT2D eigenvalue weighted by Gasteiger charge is -2.15. The van der Waals surface area contributed by atoms with E-state index in [1.54, 1.807) is 17.1 Å². The summed E-state index contributed by atoms with van der Waals surface area (Å²) in [6, 6.07) is 7.41. The standard InChI is InChI=1S/C16H19ClN4O/c1-18-8-12-5-6-20(10-12)16(22)13-9-19-21(11-13)15-4-2-3-14(17)7-15/h2-4,7,9,11-12,18H,5-6,8,10H2,1H3/t12-/m0/s1. The molecule has 5 nitrogen and oxygen atoms in total. The molecule has 0 spiro atoms. The Morgan fingerprint density at radius 2 is 2.36 bits per heavy atom. The molecule has 0 saturated carbocycles. The van der Waals surface area contributed by atoms with Crippen LogP contribution in [0.5, 0.6) is 0 Å². The highest BCUT2D eigenvalue weighted by Crippen LogP contribution is 2.19. The molecule has 1 aliphatic heterocycles. The van der Waals surface area contributed by atoms with Crippen LogP contribution in [-0.4, -0.2) is 47.3 Å². The van der Waals surface area contributed by atoms with Gasteiger partial charge in [0.25, 0.3) is 5.91 Å². The highest BCUT2D eigenvalue weighted by atomic mass is 35.5. The van der Waals surface area contributed by atoms with Crippen molar-refractivity contribution < 1.29 is 4.79 Å². The normalized spacial score (nSPS) is 17.9. The SMILES string of the molecule is CNC[C@@H]1CCN(C(=O)c2cnn(-c3cccc(Cl)c3)c2)C1. The van der Waals surface area contributed by atoms with Crippen molar-refractivity contribution in [2.45, 2.75) is 6.42 Å². The smallest absolute Gasteiger partial charge is 0.257 e. The van der Waals surface area contributed by atoms with Gasteiger partial charge in [0, 0.05) is 24.3 Å². The summed E-state index contributed by atoms with van der Waals surface area (Å²) in [6.07, 6.45) is 4.43. The molecule has 2 heterocycles. The summed E-state index contributed by atoms with van der Waals surface area (Å²) < 4.78 is 1.68. The number of benzene rings is 1. The molecule has 22 heavy (non-hydrogen) atoms. The van der Waals surface area contributed by atoms with Gasteiger partial charge in [0.1, 0.15) is 0 Å². The Kier molecular flexibility index (Phi) is 4.45. The van der Waals surface area contributed by atoms with Gasteiger partial charge in [0.2, 0.25) is 0 Å². The molecule has 1 aromatic heterocycles. The number of hydrogen-bond donors (Lipinski definition) is 1. The van der Waals surface area contributed by atoms with Crippen LogP contribution in [0.1, 0.15) is 16.8 Å². The van der Waals surface area contributed by atoms with Gasteiger partial charge in [0.15, 0.2) is 0 Å². The molecule has 116 valence electrons. The second-order valence-corrected chi connectivity index (χ2v) is 6.05. The zero-order chi connectivity index (χ0) is 15.5. The third kappa shape index (κ3) is 3.15. The van der Waals surface area contributed by atoms with E-state index in [0.717, 1.165) is 31.7 Å². The molecule has 2 aromatic rings. The van der Waals surface area contributed by atoms with Gasteiger partial charge in [-0.2, -0.15) is 5.10 Å². The van der Waals surface area contributed by atoms with E-state index in [0.29, 0.717) is 16.5 Å². The molecule has 1 aliphatic rings. The topological polar surface area (TPSA) is 50.2 Å². The third-order valence-electron chi connectivity index (χ3n) is 3.97. The van der Waals surface area contributed by atoms with Gasteiger partial charge in [-0.1, -0.05) is 17.7 Å². The van der Waals surface area contributed by atoms with E-state index in [4.69, 9.17) is 11.6 Å². The van der Waals surface area contributed by atoms with Gasteiger partial charge >= 0.3 is 0 Å². The monoisotopic (exact) mass is 318 g/mol. The number of carbonyl (C=O) groups is 1. The van der Waals surface area contributed by atoms with Gasteiger partial charge < -0.3 is 10.2 Å². The average Bonchev–Trinajstić information content (AvgIpc) is 3.16. The van der Waals surface area contributed by atoms with Crippen molar-refractivity contribution in [3.8, 4) is 5.69 Å². The quantitative estimate of drug-likeness (QED) is 0.940. The first-order valence-corrected chi connectivity index (χ1v) is 7.79. The van der Waals surface area contributed by atoms with Crippen molar-refractivity contribution in [2.24, 2.45) is 5.92 Å². The number of nitrogens with zero attached hydrogens (tertiary/aromatic N) is 3. The number of amides is 1. The van der Waals surface area contributed by atoms with Crippen molar-refractivity contribution in [1.29, 1.82) is 0 Å². The predicted molar refractivity (Wildman–Crippen MR) is 86.5 cm³/mol. The highest BCUT2D eigenvalue weighted by molar-refractivity contribution is 6.30. The number of carbonyl (C=O) groups excluding carboxylic acids is 1. The molecule has 0 unspecified atom stereocenters. The zero-order valence-corrected chi connectivity index (χ0v) is 13.3. The molecule has 1 saturated heterocycles. The van der Waals surface area contributed by atoms with E-state index in [9.17, 15) is 4.79 Å². The van der Waals surface area contributed by atoms with Crippen molar-refractivity contribution in [2.75, 3.05) is 26.7 Å². The maximum atomic E-state index is 12.5. The summed E-state index contributed by atoms with van der Waals surface area (Å²) in [5.74, 6) is 0.587. The molecule has 1 atom stereocenters. The Hall–Kier alpha value is -1.85. The Morgan fingerprint density at radius 1 is 1.50 bits per heavy atom. The van der Waals surface area contributed by atoms with E-state index in [2.05, 4.69) is 10.4 Å². The lowest BCUT2D eigenvalue weighted by molar-refractivity contribution is 0.0787. The van der Waals surface area contributed by atoms with Gasteiger partial charge in [0.05, 0.1) is 17.4 Å². The maximum absolute atomic E-state index is 12.5. The molecule has 6 heteroatoms. The maximum Gasteiger partial charge on any atom is 0.257 e. The minimum absolute atomic E-state index is 0.0480. The highest BCUT2D eigenvalue weighted by Gasteiger charge is 2.27. The lowest BCUT2D eigenvalue weighted by Crippen LogP contribution is -2.30. The Bertz CT molecular complexity index is 670. The number of rotatable bonds is 4. The van der Waals surface area contributed by atoms with E-state index in [1.807, 2.05) is 36.2 Å². The third-order valence-corrected chi connectivity index (χ3v) is 4.20. The molecular formula is C16H19ClN4O. The fourth-order valence-corrected chi connectivity index (χ4v) is 3.03. The second-order valence-electron chi connectivity index (χ2n) is 5.62. The molecule has 1 N–H and O–H groups in total. The van der Waals surface area contributed by atoms with Crippen molar-refractivity contribution >= 4 is 17.5 Å². The zero-order valence-electron chi connectivity index (χ0n) is 12.5. The average molecular weight is 319 g/mol. The summed E-state index contributed by atoms with van der Waals surface area (Å²) in [7, 11) is 1.94. The Balaban J connectivity index is 1.72. The van der Waals surface area contributed by atoms with Crippen LogP contribution in [0.25, 0.3) is 5.69 Å². The van der Waals surface area contributed by atoms with Crippen LogP contribution in [0.3, 0.4) is 0 Å². The fourth-order valence-electron chi connectivity index (χ4n) is 2.85. The number of halogens is 1. The first-order chi connectivity index (χ1) is 10.7. The number of aromatic nitrogens is 2. The molecule has 3 rings (SSSR count).